The van der Waals surface area contributed by atoms with Gasteiger partial charge in [0.2, 0.25) is 0 Å². The third-order valence-electron chi connectivity index (χ3n) is 4.78. The van der Waals surface area contributed by atoms with Gasteiger partial charge in [-0.05, 0) is 49.9 Å². The van der Waals surface area contributed by atoms with E-state index in [1.807, 2.05) is 13.8 Å². The number of Topliss-reactive ketones (excluding diaryl/α,β-unsaturated/α-hetero) is 1. The summed E-state index contributed by atoms with van der Waals surface area (Å²) in [6, 6.07) is 5.42. The van der Waals surface area contributed by atoms with Crippen LogP contribution in [0, 0.1) is 25.6 Å². The van der Waals surface area contributed by atoms with Crippen molar-refractivity contribution in [1.82, 2.24) is 9.88 Å². The van der Waals surface area contributed by atoms with Crippen molar-refractivity contribution in [2.45, 2.75) is 34.1 Å². The Balaban J connectivity index is 2.31. The molecule has 6 nitrogen and oxygen atoms in total. The summed E-state index contributed by atoms with van der Waals surface area (Å²) in [6.07, 6.45) is 0.701. The largest absolute Gasteiger partial charge is 0.464 e. The Morgan fingerprint density at radius 1 is 1.21 bits per heavy atom. The normalized spacial score (nSPS) is 10.9. The van der Waals surface area contributed by atoms with Gasteiger partial charge in [0.15, 0.2) is 5.78 Å². The number of aromatic nitrogens is 1. The average Bonchev–Trinajstić information content (AvgIpc) is 2.97. The van der Waals surface area contributed by atoms with Gasteiger partial charge >= 0.3 is 5.97 Å². The molecule has 7 heteroatoms. The number of hydrogen-bond acceptors (Lipinski definition) is 4. The zero-order chi connectivity index (χ0) is 21.7. The van der Waals surface area contributed by atoms with Crippen LogP contribution in [0.15, 0.2) is 24.3 Å². The minimum absolute atomic E-state index is 0.164. The second-order valence-corrected chi connectivity index (χ2v) is 7.46. The molecule has 0 atom stereocenters. The Labute approximate surface area is 170 Å². The van der Waals surface area contributed by atoms with Gasteiger partial charge in [0.05, 0.1) is 13.7 Å². The SMILES string of the molecule is COC(=O)c1[nH]c(C)c(C(=O)CN(CCC(C)C)C(=O)c2cccc(F)c2)c1C. The number of hydrogen-bond donors (Lipinski definition) is 1. The van der Waals surface area contributed by atoms with E-state index < -0.39 is 17.7 Å². The highest BCUT2D eigenvalue weighted by Crippen LogP contribution is 2.20. The molecule has 0 saturated heterocycles. The minimum Gasteiger partial charge on any atom is -0.464 e. The standard InChI is InChI=1S/C22H27FN2O4/c1-13(2)9-10-25(21(27)16-7-6-8-17(23)11-16)12-18(26)19-14(3)20(22(28)29-5)24-15(19)4/h6-8,11,13,24H,9-10,12H2,1-5H3. The quantitative estimate of drug-likeness (QED) is 0.536. The fraction of sp³-hybridized carbons (Fsp3) is 0.409. The number of ketones is 1. The first-order valence-electron chi connectivity index (χ1n) is 9.51. The number of amides is 1. The first-order valence-corrected chi connectivity index (χ1v) is 9.51. The van der Waals surface area contributed by atoms with Crippen LogP contribution in [0.4, 0.5) is 4.39 Å². The Hall–Kier alpha value is -2.96. The van der Waals surface area contributed by atoms with E-state index in [1.54, 1.807) is 13.8 Å². The Kier molecular flexibility index (Phi) is 7.31. The number of carbonyl (C=O) groups excluding carboxylic acids is 3. The molecular weight excluding hydrogens is 375 g/mol. The topological polar surface area (TPSA) is 79.5 Å². The Morgan fingerprint density at radius 3 is 2.48 bits per heavy atom. The highest BCUT2D eigenvalue weighted by molar-refractivity contribution is 6.05. The van der Waals surface area contributed by atoms with Crippen LogP contribution >= 0.6 is 0 Å². The first kappa shape index (κ1) is 22.3. The predicted octanol–water partition coefficient (Wildman–Crippen LogP) is 3.93. The molecule has 1 heterocycles. The minimum atomic E-state index is -0.558. The van der Waals surface area contributed by atoms with Gasteiger partial charge < -0.3 is 14.6 Å². The van der Waals surface area contributed by atoms with E-state index in [4.69, 9.17) is 4.74 Å². The van der Waals surface area contributed by atoms with E-state index in [0.717, 1.165) is 6.07 Å². The lowest BCUT2D eigenvalue weighted by Crippen LogP contribution is -2.37. The maximum Gasteiger partial charge on any atom is 0.354 e. The number of aromatic amines is 1. The molecule has 1 amide bonds. The lowest BCUT2D eigenvalue weighted by atomic mass is 10.0. The third-order valence-corrected chi connectivity index (χ3v) is 4.78. The fourth-order valence-corrected chi connectivity index (χ4v) is 3.20. The summed E-state index contributed by atoms with van der Waals surface area (Å²) >= 11 is 0. The molecule has 1 N–H and O–H groups in total. The molecular formula is C22H27FN2O4. The fourth-order valence-electron chi connectivity index (χ4n) is 3.20. The molecule has 1 aromatic heterocycles. The molecule has 0 aliphatic carbocycles. The van der Waals surface area contributed by atoms with Crippen molar-refractivity contribution >= 4 is 17.7 Å². The number of rotatable bonds is 8. The maximum atomic E-state index is 13.6. The van der Waals surface area contributed by atoms with Crippen molar-refractivity contribution in [2.24, 2.45) is 5.92 Å². The molecule has 156 valence electrons. The summed E-state index contributed by atoms with van der Waals surface area (Å²) < 4.78 is 18.3. The highest BCUT2D eigenvalue weighted by atomic mass is 19.1. The van der Waals surface area contributed by atoms with Gasteiger partial charge in [0.25, 0.3) is 5.91 Å². The average molecular weight is 402 g/mol. The van der Waals surface area contributed by atoms with Crippen LogP contribution in [-0.2, 0) is 4.74 Å². The van der Waals surface area contributed by atoms with Crippen LogP contribution in [0.2, 0.25) is 0 Å². The zero-order valence-electron chi connectivity index (χ0n) is 17.5. The number of H-pyrrole nitrogens is 1. The molecule has 0 radical (unpaired) electrons. The summed E-state index contributed by atoms with van der Waals surface area (Å²) in [5.41, 5.74) is 1.81. The Bertz CT molecular complexity index is 918. The van der Waals surface area contributed by atoms with Gasteiger partial charge in [0, 0.05) is 23.4 Å². The van der Waals surface area contributed by atoms with Crippen LogP contribution in [0.25, 0.3) is 0 Å². The molecule has 2 rings (SSSR count). The molecule has 29 heavy (non-hydrogen) atoms. The summed E-state index contributed by atoms with van der Waals surface area (Å²) in [5, 5.41) is 0. The number of esters is 1. The van der Waals surface area contributed by atoms with Crippen LogP contribution in [0.3, 0.4) is 0 Å². The molecule has 0 saturated carbocycles. The molecule has 0 fully saturated rings. The second-order valence-electron chi connectivity index (χ2n) is 7.46. The van der Waals surface area contributed by atoms with Crippen LogP contribution < -0.4 is 0 Å². The molecule has 0 spiro atoms. The molecule has 1 aromatic carbocycles. The van der Waals surface area contributed by atoms with Crippen LogP contribution in [-0.4, -0.2) is 47.7 Å². The van der Waals surface area contributed by atoms with E-state index in [9.17, 15) is 18.8 Å². The van der Waals surface area contributed by atoms with E-state index in [1.165, 1.54) is 30.2 Å². The van der Waals surface area contributed by atoms with Crippen molar-refractivity contribution in [3.63, 3.8) is 0 Å². The zero-order valence-corrected chi connectivity index (χ0v) is 17.5. The number of carbonyl (C=O) groups is 3. The number of nitrogens with one attached hydrogen (secondary N) is 1. The maximum absolute atomic E-state index is 13.6. The van der Waals surface area contributed by atoms with Gasteiger partial charge in [-0.15, -0.1) is 0 Å². The van der Waals surface area contributed by atoms with E-state index in [-0.39, 0.29) is 23.6 Å². The van der Waals surface area contributed by atoms with E-state index >= 15 is 0 Å². The van der Waals surface area contributed by atoms with E-state index in [2.05, 4.69) is 4.98 Å². The number of nitrogens with zero attached hydrogens (tertiary/aromatic N) is 1. The van der Waals surface area contributed by atoms with Gasteiger partial charge in [-0.3, -0.25) is 9.59 Å². The van der Waals surface area contributed by atoms with Gasteiger partial charge in [-0.25, -0.2) is 9.18 Å². The predicted molar refractivity (Wildman–Crippen MR) is 108 cm³/mol. The monoisotopic (exact) mass is 402 g/mol. The number of methoxy groups -OCH3 is 1. The molecule has 0 bridgehead atoms. The summed E-state index contributed by atoms with van der Waals surface area (Å²) in [6.45, 7) is 7.61. The number of benzene rings is 1. The molecule has 2 aromatic rings. The summed E-state index contributed by atoms with van der Waals surface area (Å²) in [4.78, 5) is 42.2. The third kappa shape index (κ3) is 5.31. The summed E-state index contributed by atoms with van der Waals surface area (Å²) in [7, 11) is 1.27. The molecule has 0 aliphatic heterocycles. The number of ether oxygens (including phenoxy) is 1. The van der Waals surface area contributed by atoms with Crippen molar-refractivity contribution in [2.75, 3.05) is 20.2 Å². The van der Waals surface area contributed by atoms with Crippen molar-refractivity contribution < 1.29 is 23.5 Å². The second kappa shape index (κ2) is 9.49. The molecule has 0 unspecified atom stereocenters. The smallest absolute Gasteiger partial charge is 0.354 e. The summed E-state index contributed by atoms with van der Waals surface area (Å²) in [5.74, 6) is -1.44. The van der Waals surface area contributed by atoms with E-state index in [0.29, 0.717) is 35.7 Å². The highest BCUT2D eigenvalue weighted by Gasteiger charge is 2.26. The van der Waals surface area contributed by atoms with Crippen LogP contribution in [0.1, 0.15) is 62.7 Å². The van der Waals surface area contributed by atoms with Gasteiger partial charge in [-0.2, -0.15) is 0 Å². The van der Waals surface area contributed by atoms with Gasteiger partial charge in [-0.1, -0.05) is 19.9 Å². The lowest BCUT2D eigenvalue weighted by Gasteiger charge is -2.23. The lowest BCUT2D eigenvalue weighted by molar-refractivity contribution is 0.0593. The number of aryl methyl sites for hydroxylation is 1. The van der Waals surface area contributed by atoms with Crippen LogP contribution in [0.5, 0.6) is 0 Å². The number of halogens is 1. The van der Waals surface area contributed by atoms with Crippen molar-refractivity contribution in [1.29, 1.82) is 0 Å². The van der Waals surface area contributed by atoms with Crippen molar-refractivity contribution in [3.05, 3.63) is 58.2 Å². The Morgan fingerprint density at radius 2 is 1.90 bits per heavy atom. The van der Waals surface area contributed by atoms with Gasteiger partial charge in [0.1, 0.15) is 11.5 Å². The molecule has 0 aliphatic rings. The first-order chi connectivity index (χ1) is 13.6. The van der Waals surface area contributed by atoms with Crippen molar-refractivity contribution in [3.8, 4) is 0 Å².